The van der Waals surface area contributed by atoms with E-state index in [-0.39, 0.29) is 5.69 Å². The first-order valence-corrected chi connectivity index (χ1v) is 10.3. The van der Waals surface area contributed by atoms with E-state index in [1.165, 1.54) is 24.5 Å². The molecule has 3 aromatic carbocycles. The molecule has 0 saturated carbocycles. The molecule has 8 nitrogen and oxygen atoms in total. The second kappa shape index (κ2) is 9.36. The first-order valence-electron chi connectivity index (χ1n) is 9.49. The largest absolute Gasteiger partial charge is 0.340 e. The zero-order valence-corrected chi connectivity index (χ0v) is 18.1. The number of carbonyl (C=O) groups is 1. The SMILES string of the molecule is O=C(C=Cc1ccccc1[N+](=O)[O-])Nc1ccc2ncnc(Nc3cccc(Br)c3)c2c1. The standard InChI is InChI=1S/C23H16BrN5O3/c24-16-5-3-6-17(12-16)28-23-19-13-18(9-10-20(19)25-14-26-23)27-22(30)11-8-15-4-1-2-7-21(15)29(31)32/h1-14H,(H,27,30)(H,25,26,28). The van der Waals surface area contributed by atoms with Gasteiger partial charge in [-0.1, -0.05) is 34.1 Å². The van der Waals surface area contributed by atoms with Gasteiger partial charge in [0.15, 0.2) is 0 Å². The number of carbonyl (C=O) groups excluding carboxylic acids is 1. The lowest BCUT2D eigenvalue weighted by Gasteiger charge is -2.10. The van der Waals surface area contributed by atoms with Gasteiger partial charge in [-0.25, -0.2) is 9.97 Å². The lowest BCUT2D eigenvalue weighted by molar-refractivity contribution is -0.385. The third-order valence-corrected chi connectivity index (χ3v) is 5.03. The monoisotopic (exact) mass is 489 g/mol. The zero-order valence-electron chi connectivity index (χ0n) is 16.5. The molecule has 0 unspecified atom stereocenters. The van der Waals surface area contributed by atoms with Crippen molar-refractivity contribution in [2.75, 3.05) is 10.6 Å². The molecule has 0 aliphatic rings. The van der Waals surface area contributed by atoms with Crippen molar-refractivity contribution in [2.24, 2.45) is 0 Å². The van der Waals surface area contributed by atoms with Gasteiger partial charge in [0.25, 0.3) is 5.69 Å². The molecule has 0 radical (unpaired) electrons. The number of nitro benzene ring substituents is 1. The van der Waals surface area contributed by atoms with Crippen molar-refractivity contribution in [1.82, 2.24) is 9.97 Å². The number of nitrogens with zero attached hydrogens (tertiary/aromatic N) is 3. The first-order chi connectivity index (χ1) is 15.5. The number of nitro groups is 1. The maximum absolute atomic E-state index is 12.4. The third kappa shape index (κ3) is 4.96. The van der Waals surface area contributed by atoms with Gasteiger partial charge in [-0.2, -0.15) is 0 Å². The Morgan fingerprint density at radius 3 is 2.66 bits per heavy atom. The third-order valence-electron chi connectivity index (χ3n) is 4.54. The van der Waals surface area contributed by atoms with E-state index >= 15 is 0 Å². The molecule has 1 amide bonds. The van der Waals surface area contributed by atoms with Crippen molar-refractivity contribution in [1.29, 1.82) is 0 Å². The molecule has 158 valence electrons. The highest BCUT2D eigenvalue weighted by atomic mass is 79.9. The van der Waals surface area contributed by atoms with Gasteiger partial charge in [-0.15, -0.1) is 0 Å². The lowest BCUT2D eigenvalue weighted by Crippen LogP contribution is -2.08. The summed E-state index contributed by atoms with van der Waals surface area (Å²) in [4.78, 5) is 31.6. The summed E-state index contributed by atoms with van der Waals surface area (Å²) in [7, 11) is 0. The number of amides is 1. The Bertz CT molecular complexity index is 1360. The molecule has 0 saturated heterocycles. The normalized spacial score (nSPS) is 10.9. The van der Waals surface area contributed by atoms with Crippen LogP contribution in [0.2, 0.25) is 0 Å². The summed E-state index contributed by atoms with van der Waals surface area (Å²) in [5, 5.41) is 17.9. The Hall–Kier alpha value is -4.11. The number of hydrogen-bond acceptors (Lipinski definition) is 6. The van der Waals surface area contributed by atoms with Gasteiger partial charge in [0, 0.05) is 33.4 Å². The van der Waals surface area contributed by atoms with Crippen LogP contribution in [0.15, 0.2) is 83.6 Å². The van der Waals surface area contributed by atoms with Gasteiger partial charge in [0.1, 0.15) is 12.1 Å². The molecule has 1 aromatic heterocycles. The van der Waals surface area contributed by atoms with Gasteiger partial charge in [0.2, 0.25) is 5.91 Å². The van der Waals surface area contributed by atoms with E-state index in [2.05, 4.69) is 36.5 Å². The van der Waals surface area contributed by atoms with Crippen LogP contribution in [0.4, 0.5) is 22.9 Å². The average Bonchev–Trinajstić information content (AvgIpc) is 2.78. The van der Waals surface area contributed by atoms with Crippen LogP contribution in [0.5, 0.6) is 0 Å². The summed E-state index contributed by atoms with van der Waals surface area (Å²) in [5.41, 5.74) is 2.39. The van der Waals surface area contributed by atoms with Gasteiger partial charge in [-0.05, 0) is 48.5 Å². The van der Waals surface area contributed by atoms with Crippen LogP contribution >= 0.6 is 15.9 Å². The van der Waals surface area contributed by atoms with Crippen molar-refractivity contribution < 1.29 is 9.72 Å². The van der Waals surface area contributed by atoms with Crippen molar-refractivity contribution in [3.8, 4) is 0 Å². The number of halogens is 1. The fraction of sp³-hybridized carbons (Fsp3) is 0. The molecule has 0 spiro atoms. The predicted molar refractivity (Wildman–Crippen MR) is 128 cm³/mol. The minimum absolute atomic E-state index is 0.0670. The Morgan fingerprint density at radius 2 is 1.84 bits per heavy atom. The zero-order chi connectivity index (χ0) is 22.5. The number of para-hydroxylation sites is 1. The summed E-state index contributed by atoms with van der Waals surface area (Å²) in [6.07, 6.45) is 4.14. The number of aromatic nitrogens is 2. The van der Waals surface area contributed by atoms with Crippen LogP contribution in [0.3, 0.4) is 0 Å². The van der Waals surface area contributed by atoms with Crippen molar-refractivity contribution in [3.05, 3.63) is 99.3 Å². The van der Waals surface area contributed by atoms with Gasteiger partial charge >= 0.3 is 0 Å². The van der Waals surface area contributed by atoms with Crippen LogP contribution in [0, 0.1) is 10.1 Å². The highest BCUT2D eigenvalue weighted by molar-refractivity contribution is 9.10. The van der Waals surface area contributed by atoms with Gasteiger partial charge < -0.3 is 10.6 Å². The maximum Gasteiger partial charge on any atom is 0.276 e. The molecule has 0 atom stereocenters. The Balaban J connectivity index is 1.56. The Kier molecular flexibility index (Phi) is 6.18. The van der Waals surface area contributed by atoms with Gasteiger partial charge in [-0.3, -0.25) is 14.9 Å². The van der Waals surface area contributed by atoms with Crippen molar-refractivity contribution in [2.45, 2.75) is 0 Å². The highest BCUT2D eigenvalue weighted by Gasteiger charge is 2.10. The number of nitrogens with one attached hydrogen (secondary N) is 2. The number of benzene rings is 3. The molecular formula is C23H16BrN5O3. The predicted octanol–water partition coefficient (Wildman–Crippen LogP) is 5.70. The topological polar surface area (TPSA) is 110 Å². The lowest BCUT2D eigenvalue weighted by atomic mass is 10.1. The smallest absolute Gasteiger partial charge is 0.276 e. The molecule has 4 aromatic rings. The fourth-order valence-corrected chi connectivity index (χ4v) is 3.48. The summed E-state index contributed by atoms with van der Waals surface area (Å²) in [5.74, 6) is 0.181. The van der Waals surface area contributed by atoms with Crippen molar-refractivity contribution in [3.63, 3.8) is 0 Å². The number of rotatable bonds is 6. The Morgan fingerprint density at radius 1 is 1.00 bits per heavy atom. The van der Waals surface area contributed by atoms with E-state index in [0.717, 1.165) is 15.5 Å². The second-order valence-corrected chi connectivity index (χ2v) is 7.64. The van der Waals surface area contributed by atoms with E-state index in [0.29, 0.717) is 22.6 Å². The molecule has 1 heterocycles. The van der Waals surface area contributed by atoms with Crippen LogP contribution in [-0.2, 0) is 4.79 Å². The van der Waals surface area contributed by atoms with Crippen molar-refractivity contribution >= 4 is 61.7 Å². The highest BCUT2D eigenvalue weighted by Crippen LogP contribution is 2.27. The number of hydrogen-bond donors (Lipinski definition) is 2. The molecule has 4 rings (SSSR count). The molecule has 9 heteroatoms. The van der Waals surface area contributed by atoms with E-state index in [4.69, 9.17) is 0 Å². The first kappa shape index (κ1) is 21.1. The molecule has 0 aliphatic heterocycles. The van der Waals surface area contributed by atoms with Crippen LogP contribution in [0.25, 0.3) is 17.0 Å². The summed E-state index contributed by atoms with van der Waals surface area (Å²) < 4.78 is 0.930. The van der Waals surface area contributed by atoms with Crippen LogP contribution < -0.4 is 10.6 Å². The van der Waals surface area contributed by atoms with E-state index in [1.807, 2.05) is 24.3 Å². The quantitative estimate of drug-likeness (QED) is 0.204. The molecule has 0 aliphatic carbocycles. The van der Waals surface area contributed by atoms with E-state index < -0.39 is 10.8 Å². The minimum Gasteiger partial charge on any atom is -0.340 e. The molecule has 32 heavy (non-hydrogen) atoms. The summed E-state index contributed by atoms with van der Waals surface area (Å²) in [6.45, 7) is 0. The molecule has 2 N–H and O–H groups in total. The molecular weight excluding hydrogens is 474 g/mol. The minimum atomic E-state index is -0.485. The fourth-order valence-electron chi connectivity index (χ4n) is 3.08. The van der Waals surface area contributed by atoms with E-state index in [1.54, 1.807) is 36.4 Å². The molecule has 0 fully saturated rings. The summed E-state index contributed by atoms with van der Waals surface area (Å²) in [6, 6.07) is 19.2. The van der Waals surface area contributed by atoms with Crippen LogP contribution in [0.1, 0.15) is 5.56 Å². The Labute approximate surface area is 191 Å². The summed E-state index contributed by atoms with van der Waals surface area (Å²) >= 11 is 3.44. The van der Waals surface area contributed by atoms with Crippen LogP contribution in [-0.4, -0.2) is 20.8 Å². The number of anilines is 3. The maximum atomic E-state index is 12.4. The number of fused-ring (bicyclic) bond motifs is 1. The van der Waals surface area contributed by atoms with Gasteiger partial charge in [0.05, 0.1) is 16.0 Å². The van der Waals surface area contributed by atoms with E-state index in [9.17, 15) is 14.9 Å². The second-order valence-electron chi connectivity index (χ2n) is 6.73. The average molecular weight is 490 g/mol. The molecule has 0 bridgehead atoms.